The van der Waals surface area contributed by atoms with Crippen LogP contribution in [0.4, 0.5) is 5.13 Å². The van der Waals surface area contributed by atoms with Crippen LogP contribution in [0.1, 0.15) is 55.8 Å². The zero-order valence-electron chi connectivity index (χ0n) is 24.1. The maximum Gasteiger partial charge on any atom is 0.251 e. The number of nitrogens with zero attached hydrogens (tertiary/aromatic N) is 4. The summed E-state index contributed by atoms with van der Waals surface area (Å²) in [4.78, 5) is 51.5. The van der Waals surface area contributed by atoms with Gasteiger partial charge in [0.25, 0.3) is 5.91 Å². The lowest BCUT2D eigenvalue weighted by molar-refractivity contribution is -0.139. The van der Waals surface area contributed by atoms with Crippen molar-refractivity contribution in [3.63, 3.8) is 0 Å². The van der Waals surface area contributed by atoms with Gasteiger partial charge in [-0.1, -0.05) is 38.3 Å². The number of rotatable bonds is 8. The first-order valence-corrected chi connectivity index (χ1v) is 16.1. The maximum atomic E-state index is 14.0. The van der Waals surface area contributed by atoms with Crippen molar-refractivity contribution in [2.75, 3.05) is 51.3 Å². The van der Waals surface area contributed by atoms with Crippen molar-refractivity contribution in [1.29, 1.82) is 0 Å². The molecule has 1 N–H and O–H groups in total. The molecular formula is C31H41N5O4S. The van der Waals surface area contributed by atoms with E-state index in [4.69, 9.17) is 9.72 Å². The summed E-state index contributed by atoms with van der Waals surface area (Å²) in [6.07, 6.45) is 5.58. The van der Waals surface area contributed by atoms with Crippen LogP contribution in [-0.2, 0) is 14.3 Å². The molecule has 1 aliphatic carbocycles. The fraction of sp³-hybridized carbons (Fsp3) is 0.613. The van der Waals surface area contributed by atoms with Crippen LogP contribution in [-0.4, -0.2) is 96.9 Å². The number of likely N-dealkylation sites (N-methyl/N-ethyl adjacent to an activating group) is 1. The van der Waals surface area contributed by atoms with Crippen LogP contribution in [0.3, 0.4) is 0 Å². The van der Waals surface area contributed by atoms with Crippen LogP contribution in [0.5, 0.6) is 0 Å². The Morgan fingerprint density at radius 2 is 1.85 bits per heavy atom. The fourth-order valence-electron chi connectivity index (χ4n) is 7.01. The molecule has 1 aromatic heterocycles. The Kier molecular flexibility index (Phi) is 8.42. The lowest BCUT2D eigenvalue weighted by Gasteiger charge is -2.32. The number of aromatic nitrogens is 1. The Balaban J connectivity index is 1.15. The monoisotopic (exact) mass is 579 g/mol. The number of fused-ring (bicyclic) bond motifs is 1. The van der Waals surface area contributed by atoms with Gasteiger partial charge in [-0.3, -0.25) is 14.4 Å². The summed E-state index contributed by atoms with van der Waals surface area (Å²) in [5.74, 6) is -0.168. The highest BCUT2D eigenvalue weighted by Crippen LogP contribution is 2.37. The molecule has 4 aliphatic rings. The normalized spacial score (nSPS) is 26.0. The second-order valence-corrected chi connectivity index (χ2v) is 12.9. The van der Waals surface area contributed by atoms with E-state index in [9.17, 15) is 14.4 Å². The average Bonchev–Trinajstić information content (AvgIpc) is 3.79. The van der Waals surface area contributed by atoms with E-state index in [0.29, 0.717) is 12.1 Å². The summed E-state index contributed by atoms with van der Waals surface area (Å²) >= 11 is 1.65. The third kappa shape index (κ3) is 5.79. The van der Waals surface area contributed by atoms with Gasteiger partial charge in [-0.05, 0) is 44.4 Å². The first-order valence-electron chi connectivity index (χ1n) is 15.2. The molecule has 6 rings (SSSR count). The second-order valence-electron chi connectivity index (χ2n) is 12.1. The molecule has 0 unspecified atom stereocenters. The summed E-state index contributed by atoms with van der Waals surface area (Å²) in [6.45, 7) is 6.72. The summed E-state index contributed by atoms with van der Waals surface area (Å²) in [5.41, 5.74) is 2.39. The minimum atomic E-state index is -0.635. The van der Waals surface area contributed by atoms with Crippen molar-refractivity contribution >= 4 is 34.1 Å². The van der Waals surface area contributed by atoms with E-state index < -0.39 is 12.1 Å². The molecule has 0 radical (unpaired) electrons. The minimum absolute atomic E-state index is 0.0214. The number of ether oxygens (including phenoxy) is 1. The Morgan fingerprint density at radius 1 is 1.12 bits per heavy atom. The van der Waals surface area contributed by atoms with Crippen molar-refractivity contribution in [2.45, 2.75) is 63.6 Å². The van der Waals surface area contributed by atoms with Crippen LogP contribution in [0.15, 0.2) is 29.6 Å². The van der Waals surface area contributed by atoms with E-state index in [2.05, 4.69) is 34.5 Å². The van der Waals surface area contributed by atoms with Crippen LogP contribution in [0, 0.1) is 11.8 Å². The molecular weight excluding hydrogens is 538 g/mol. The standard InChI is InChI=1S/C31H41N5O4S/c1-3-6-23-17-36(27-25(37)18-40-28(23)27)30(39)26(21-7-4-5-8-21)33-29(38)22-11-9-20(10-12-22)24-19-41-31(32-24)35-15-13-34(2)14-16-35/h9-12,19,21,23,26-28H,3-8,13-18H2,1-2H3,(H,33,38)/t23-,26-,27+,28+/m0/s1. The van der Waals surface area contributed by atoms with Gasteiger partial charge in [-0.15, -0.1) is 11.3 Å². The number of hydrogen-bond donors (Lipinski definition) is 1. The van der Waals surface area contributed by atoms with Crippen molar-refractivity contribution in [2.24, 2.45) is 11.8 Å². The number of ketones is 1. The van der Waals surface area contributed by atoms with Gasteiger partial charge in [0.15, 0.2) is 10.9 Å². The molecule has 3 saturated heterocycles. The highest BCUT2D eigenvalue weighted by atomic mass is 32.1. The molecule has 41 heavy (non-hydrogen) atoms. The fourth-order valence-corrected chi connectivity index (χ4v) is 7.90. The van der Waals surface area contributed by atoms with Crippen molar-refractivity contribution in [3.8, 4) is 11.3 Å². The highest BCUT2D eigenvalue weighted by molar-refractivity contribution is 7.14. The molecule has 1 aromatic carbocycles. The molecule has 2 amide bonds. The number of amides is 2. The number of hydrogen-bond acceptors (Lipinski definition) is 8. The minimum Gasteiger partial charge on any atom is -0.367 e. The van der Waals surface area contributed by atoms with E-state index in [1.165, 1.54) is 0 Å². The first-order chi connectivity index (χ1) is 19.9. The predicted octanol–water partition coefficient (Wildman–Crippen LogP) is 3.45. The van der Waals surface area contributed by atoms with Crippen LogP contribution >= 0.6 is 11.3 Å². The smallest absolute Gasteiger partial charge is 0.251 e. The number of anilines is 1. The van der Waals surface area contributed by atoms with E-state index in [1.54, 1.807) is 16.2 Å². The van der Waals surface area contributed by atoms with E-state index >= 15 is 0 Å². The Morgan fingerprint density at radius 3 is 2.56 bits per heavy atom. The molecule has 220 valence electrons. The van der Waals surface area contributed by atoms with Gasteiger partial charge < -0.3 is 24.8 Å². The van der Waals surface area contributed by atoms with Gasteiger partial charge in [-0.2, -0.15) is 0 Å². The van der Waals surface area contributed by atoms with Gasteiger partial charge in [0, 0.05) is 55.1 Å². The quantitative estimate of drug-likeness (QED) is 0.512. The van der Waals surface area contributed by atoms with Gasteiger partial charge >= 0.3 is 0 Å². The zero-order valence-corrected chi connectivity index (χ0v) is 24.9. The summed E-state index contributed by atoms with van der Waals surface area (Å²) in [5, 5.41) is 6.20. The number of likely N-dealkylation sites (tertiary alicyclic amines) is 1. The lowest BCUT2D eigenvalue weighted by atomic mass is 9.95. The molecule has 0 spiro atoms. The van der Waals surface area contributed by atoms with E-state index in [1.807, 2.05) is 24.3 Å². The van der Waals surface area contributed by atoms with Gasteiger partial charge in [-0.25, -0.2) is 4.98 Å². The maximum absolute atomic E-state index is 14.0. The highest BCUT2D eigenvalue weighted by Gasteiger charge is 2.53. The molecule has 10 heteroatoms. The Hall–Kier alpha value is -2.82. The molecule has 9 nitrogen and oxygen atoms in total. The number of Topliss-reactive ketones (excluding diaryl/α,β-unsaturated/α-hetero) is 1. The molecule has 4 atom stereocenters. The van der Waals surface area contributed by atoms with Gasteiger partial charge in [0.1, 0.15) is 18.7 Å². The number of benzene rings is 1. The van der Waals surface area contributed by atoms with Crippen LogP contribution < -0.4 is 10.2 Å². The van der Waals surface area contributed by atoms with Crippen LogP contribution in [0.2, 0.25) is 0 Å². The molecule has 4 heterocycles. The zero-order chi connectivity index (χ0) is 28.5. The number of nitrogens with one attached hydrogen (secondary N) is 1. The molecule has 0 bridgehead atoms. The molecule has 3 aliphatic heterocycles. The Bertz CT molecular complexity index is 1250. The van der Waals surface area contributed by atoms with Gasteiger partial charge in [0.05, 0.1) is 11.8 Å². The van der Waals surface area contributed by atoms with E-state index in [-0.39, 0.29) is 42.1 Å². The Labute approximate surface area is 246 Å². The summed E-state index contributed by atoms with van der Waals surface area (Å²) < 4.78 is 5.84. The first kappa shape index (κ1) is 28.3. The van der Waals surface area contributed by atoms with Crippen LogP contribution in [0.25, 0.3) is 11.3 Å². The molecule has 1 saturated carbocycles. The summed E-state index contributed by atoms with van der Waals surface area (Å²) in [7, 11) is 2.14. The van der Waals surface area contributed by atoms with Gasteiger partial charge in [0.2, 0.25) is 5.91 Å². The average molecular weight is 580 g/mol. The number of thiazole rings is 1. The van der Waals surface area contributed by atoms with Crippen molar-refractivity contribution < 1.29 is 19.1 Å². The number of carbonyl (C=O) groups is 3. The SMILES string of the molecule is CCC[C@H]1CN(C(=O)[C@@H](NC(=O)c2ccc(-c3csc(N4CCN(C)CC4)n3)cc2)C2CCCC2)[C@@H]2C(=O)CO[C@H]12. The van der Waals surface area contributed by atoms with Crippen molar-refractivity contribution in [1.82, 2.24) is 20.1 Å². The number of piperazine rings is 1. The summed E-state index contributed by atoms with van der Waals surface area (Å²) in [6, 6.07) is 6.33. The topological polar surface area (TPSA) is 95.1 Å². The third-order valence-corrected chi connectivity index (χ3v) is 10.3. The predicted molar refractivity (Wildman–Crippen MR) is 159 cm³/mol. The second kappa shape index (κ2) is 12.2. The molecule has 4 fully saturated rings. The van der Waals surface area contributed by atoms with Crippen molar-refractivity contribution in [3.05, 3.63) is 35.2 Å². The third-order valence-electron chi connectivity index (χ3n) is 9.37. The number of carbonyl (C=O) groups excluding carboxylic acids is 3. The molecule has 2 aromatic rings. The largest absolute Gasteiger partial charge is 0.367 e. The lowest BCUT2D eigenvalue weighted by Crippen LogP contribution is -2.54. The van der Waals surface area contributed by atoms with E-state index in [0.717, 1.165) is 81.1 Å².